The fraction of sp³-hybridized carbons (Fsp3) is 0.700. The summed E-state index contributed by atoms with van der Waals surface area (Å²) in [6.07, 6.45) is 10.9. The molecule has 3 heteroatoms. The predicted molar refractivity (Wildman–Crippen MR) is 96.3 cm³/mol. The van der Waals surface area contributed by atoms with E-state index in [-0.39, 0.29) is 18.8 Å². The number of hydrogen-bond donors (Lipinski definition) is 2. The summed E-state index contributed by atoms with van der Waals surface area (Å²) >= 11 is 0. The van der Waals surface area contributed by atoms with Crippen LogP contribution in [-0.2, 0) is 4.74 Å². The standard InChI is InChI=1S/C20H34O3/c1-5-8-16(7-3)10-15(4)11-17(9-6-2)20-13-18(22)12-19(14-21)23-20/h6,9,11,16,18-22H,4-5,7-8,10,12-14H2,1-3H3/b9-6-,17-11+. The summed E-state index contributed by atoms with van der Waals surface area (Å²) < 4.78 is 5.93. The number of hydrogen-bond acceptors (Lipinski definition) is 3. The van der Waals surface area contributed by atoms with Gasteiger partial charge >= 0.3 is 0 Å². The SMILES string of the molecule is C=C(/C=C(\C=C/C)C1CC(O)CC(CO)O1)CC(CC)CCC. The fourth-order valence-corrected chi connectivity index (χ4v) is 3.29. The van der Waals surface area contributed by atoms with Crippen LogP contribution in [0.3, 0.4) is 0 Å². The van der Waals surface area contributed by atoms with Crippen molar-refractivity contribution in [1.82, 2.24) is 0 Å². The Morgan fingerprint density at radius 2 is 2.09 bits per heavy atom. The van der Waals surface area contributed by atoms with Crippen molar-refractivity contribution in [3.8, 4) is 0 Å². The third kappa shape index (κ3) is 7.03. The van der Waals surface area contributed by atoms with Crippen LogP contribution in [0.2, 0.25) is 0 Å². The van der Waals surface area contributed by atoms with Gasteiger partial charge in [0, 0.05) is 12.8 Å². The molecule has 0 amide bonds. The molecule has 1 saturated heterocycles. The topological polar surface area (TPSA) is 49.7 Å². The minimum Gasteiger partial charge on any atom is -0.394 e. The van der Waals surface area contributed by atoms with E-state index in [1.54, 1.807) is 0 Å². The van der Waals surface area contributed by atoms with E-state index >= 15 is 0 Å². The van der Waals surface area contributed by atoms with Crippen LogP contribution in [0.5, 0.6) is 0 Å². The lowest BCUT2D eigenvalue weighted by Crippen LogP contribution is -2.38. The highest BCUT2D eigenvalue weighted by Crippen LogP contribution is 2.28. The van der Waals surface area contributed by atoms with Gasteiger partial charge in [0.25, 0.3) is 0 Å². The maximum atomic E-state index is 10.0. The van der Waals surface area contributed by atoms with Crippen molar-refractivity contribution in [3.05, 3.63) is 36.0 Å². The number of aliphatic hydroxyl groups excluding tert-OH is 2. The molecule has 1 rings (SSSR count). The largest absolute Gasteiger partial charge is 0.394 e. The fourth-order valence-electron chi connectivity index (χ4n) is 3.29. The van der Waals surface area contributed by atoms with E-state index in [9.17, 15) is 10.2 Å². The molecule has 0 aromatic rings. The maximum absolute atomic E-state index is 10.0. The molecule has 23 heavy (non-hydrogen) atoms. The molecule has 4 atom stereocenters. The summed E-state index contributed by atoms with van der Waals surface area (Å²) in [5.41, 5.74) is 2.16. The summed E-state index contributed by atoms with van der Waals surface area (Å²) in [5, 5.41) is 19.4. The second-order valence-corrected chi connectivity index (χ2v) is 6.62. The van der Waals surface area contributed by atoms with Crippen molar-refractivity contribution < 1.29 is 14.9 Å². The third-order valence-corrected chi connectivity index (χ3v) is 4.51. The quantitative estimate of drug-likeness (QED) is 0.627. The summed E-state index contributed by atoms with van der Waals surface area (Å²) in [6, 6.07) is 0. The molecule has 0 radical (unpaired) electrons. The second-order valence-electron chi connectivity index (χ2n) is 6.62. The Bertz CT molecular complexity index is 411. The van der Waals surface area contributed by atoms with E-state index in [2.05, 4.69) is 26.5 Å². The zero-order valence-corrected chi connectivity index (χ0v) is 15.0. The molecule has 1 heterocycles. The normalized spacial score (nSPS) is 27.3. The van der Waals surface area contributed by atoms with Gasteiger partial charge in [0.2, 0.25) is 0 Å². The van der Waals surface area contributed by atoms with Crippen molar-refractivity contribution in [2.45, 2.75) is 77.6 Å². The van der Waals surface area contributed by atoms with Crippen molar-refractivity contribution in [1.29, 1.82) is 0 Å². The van der Waals surface area contributed by atoms with Crippen LogP contribution in [0, 0.1) is 5.92 Å². The molecule has 0 aliphatic carbocycles. The Labute approximate surface area is 141 Å². The van der Waals surface area contributed by atoms with E-state index in [0.717, 1.165) is 17.6 Å². The zero-order chi connectivity index (χ0) is 17.2. The van der Waals surface area contributed by atoms with Gasteiger partial charge in [0.05, 0.1) is 24.9 Å². The highest BCUT2D eigenvalue weighted by atomic mass is 16.5. The van der Waals surface area contributed by atoms with Gasteiger partial charge in [-0.05, 0) is 24.8 Å². The average Bonchev–Trinajstić information content (AvgIpc) is 2.53. The van der Waals surface area contributed by atoms with Crippen LogP contribution < -0.4 is 0 Å². The molecule has 1 fully saturated rings. The first-order chi connectivity index (χ1) is 11.0. The Morgan fingerprint density at radius 3 is 2.65 bits per heavy atom. The zero-order valence-electron chi connectivity index (χ0n) is 15.0. The first-order valence-corrected chi connectivity index (χ1v) is 9.00. The van der Waals surface area contributed by atoms with Gasteiger partial charge in [0.15, 0.2) is 0 Å². The van der Waals surface area contributed by atoms with Crippen LogP contribution in [0.4, 0.5) is 0 Å². The summed E-state index contributed by atoms with van der Waals surface area (Å²) in [5.74, 6) is 0.679. The van der Waals surface area contributed by atoms with Crippen molar-refractivity contribution >= 4 is 0 Å². The highest BCUT2D eigenvalue weighted by Gasteiger charge is 2.29. The molecule has 132 valence electrons. The van der Waals surface area contributed by atoms with Gasteiger partial charge < -0.3 is 14.9 Å². The third-order valence-electron chi connectivity index (χ3n) is 4.51. The molecule has 0 aromatic heterocycles. The smallest absolute Gasteiger partial charge is 0.0854 e. The Balaban J connectivity index is 2.81. The molecule has 0 spiro atoms. The lowest BCUT2D eigenvalue weighted by Gasteiger charge is -2.33. The molecular formula is C20H34O3. The van der Waals surface area contributed by atoms with E-state index in [1.807, 2.05) is 19.1 Å². The molecule has 1 aliphatic rings. The molecule has 2 N–H and O–H groups in total. The molecule has 1 aliphatic heterocycles. The van der Waals surface area contributed by atoms with Gasteiger partial charge in [0.1, 0.15) is 0 Å². The number of rotatable bonds is 9. The van der Waals surface area contributed by atoms with Gasteiger partial charge in [-0.15, -0.1) is 0 Å². The van der Waals surface area contributed by atoms with E-state index < -0.39 is 6.10 Å². The van der Waals surface area contributed by atoms with Crippen LogP contribution in [-0.4, -0.2) is 35.1 Å². The minimum absolute atomic E-state index is 0.0496. The molecule has 0 saturated carbocycles. The number of aliphatic hydroxyl groups is 2. The summed E-state index contributed by atoms with van der Waals surface area (Å²) in [7, 11) is 0. The Hall–Kier alpha value is -0.900. The predicted octanol–water partition coefficient (Wildman–Crippen LogP) is 4.16. The molecule has 0 aromatic carbocycles. The van der Waals surface area contributed by atoms with Crippen LogP contribution in [0.15, 0.2) is 36.0 Å². The lowest BCUT2D eigenvalue weighted by molar-refractivity contribution is -0.0963. The minimum atomic E-state index is -0.420. The first-order valence-electron chi connectivity index (χ1n) is 9.00. The molecule has 4 unspecified atom stereocenters. The van der Waals surface area contributed by atoms with Gasteiger partial charge in [-0.1, -0.05) is 63.5 Å². The number of ether oxygens (including phenoxy) is 1. The van der Waals surface area contributed by atoms with Crippen molar-refractivity contribution in [2.24, 2.45) is 5.92 Å². The van der Waals surface area contributed by atoms with Crippen molar-refractivity contribution in [2.75, 3.05) is 6.61 Å². The lowest BCUT2D eigenvalue weighted by atomic mass is 9.90. The maximum Gasteiger partial charge on any atom is 0.0854 e. The Kier molecular flexibility index (Phi) is 9.46. The summed E-state index contributed by atoms with van der Waals surface area (Å²) in [6.45, 7) is 10.6. The molecular weight excluding hydrogens is 288 g/mol. The average molecular weight is 322 g/mol. The summed E-state index contributed by atoms with van der Waals surface area (Å²) in [4.78, 5) is 0. The second kappa shape index (κ2) is 10.8. The van der Waals surface area contributed by atoms with E-state index in [0.29, 0.717) is 18.8 Å². The van der Waals surface area contributed by atoms with Crippen LogP contribution in [0.25, 0.3) is 0 Å². The monoisotopic (exact) mass is 322 g/mol. The van der Waals surface area contributed by atoms with E-state index in [4.69, 9.17) is 4.74 Å². The van der Waals surface area contributed by atoms with E-state index in [1.165, 1.54) is 19.3 Å². The highest BCUT2D eigenvalue weighted by molar-refractivity contribution is 5.32. The first kappa shape index (κ1) is 20.1. The van der Waals surface area contributed by atoms with Crippen molar-refractivity contribution in [3.63, 3.8) is 0 Å². The molecule has 3 nitrogen and oxygen atoms in total. The van der Waals surface area contributed by atoms with Gasteiger partial charge in [-0.25, -0.2) is 0 Å². The van der Waals surface area contributed by atoms with Crippen LogP contribution in [0.1, 0.15) is 59.3 Å². The van der Waals surface area contributed by atoms with Gasteiger partial charge in [-0.2, -0.15) is 0 Å². The van der Waals surface area contributed by atoms with Gasteiger partial charge in [-0.3, -0.25) is 0 Å². The molecule has 0 bridgehead atoms. The Morgan fingerprint density at radius 1 is 1.35 bits per heavy atom. The number of allylic oxidation sites excluding steroid dienone is 3. The van der Waals surface area contributed by atoms with Crippen LogP contribution >= 0.6 is 0 Å².